The molecular weight excluding hydrogens is 400 g/mol. The standard InChI is InChI=1S/C22H16N4O5/c23-25-21(27)14-7-4-8-16(11-14)31-22(28)20-19(13-5-2-1-3-6-13)17-12-15(26(29)30)9-10-18(17)24-20/h1-12,24H,23H2,(H,25,27). The van der Waals surface area contributed by atoms with E-state index in [-0.39, 0.29) is 22.7 Å². The first-order valence-corrected chi connectivity index (χ1v) is 9.16. The quantitative estimate of drug-likeness (QED) is 0.113. The van der Waals surface area contributed by atoms with Gasteiger partial charge < -0.3 is 9.72 Å². The predicted molar refractivity (Wildman–Crippen MR) is 113 cm³/mol. The molecule has 4 aromatic rings. The molecule has 0 aliphatic carbocycles. The summed E-state index contributed by atoms with van der Waals surface area (Å²) in [7, 11) is 0. The smallest absolute Gasteiger partial charge is 0.360 e. The summed E-state index contributed by atoms with van der Waals surface area (Å²) in [5.74, 6) is 4.06. The second-order valence-electron chi connectivity index (χ2n) is 6.62. The van der Waals surface area contributed by atoms with E-state index in [0.717, 1.165) is 0 Å². The van der Waals surface area contributed by atoms with Crippen molar-refractivity contribution in [2.75, 3.05) is 0 Å². The zero-order chi connectivity index (χ0) is 22.0. The van der Waals surface area contributed by atoms with Gasteiger partial charge >= 0.3 is 5.97 Å². The van der Waals surface area contributed by atoms with Crippen molar-refractivity contribution in [3.63, 3.8) is 0 Å². The Balaban J connectivity index is 1.80. The number of non-ortho nitro benzene ring substituents is 1. The van der Waals surface area contributed by atoms with E-state index in [1.54, 1.807) is 36.4 Å². The monoisotopic (exact) mass is 416 g/mol. The number of aromatic amines is 1. The average molecular weight is 416 g/mol. The van der Waals surface area contributed by atoms with Crippen LogP contribution in [0.15, 0.2) is 72.8 Å². The summed E-state index contributed by atoms with van der Waals surface area (Å²) < 4.78 is 5.48. The molecule has 9 heteroatoms. The molecule has 1 aromatic heterocycles. The van der Waals surface area contributed by atoms with Gasteiger partial charge in [-0.2, -0.15) is 0 Å². The van der Waals surface area contributed by atoms with Crippen molar-refractivity contribution in [3.05, 3.63) is 94.2 Å². The van der Waals surface area contributed by atoms with Crippen LogP contribution < -0.4 is 16.0 Å². The number of carbonyl (C=O) groups excluding carboxylic acids is 2. The molecule has 0 unspecified atom stereocenters. The van der Waals surface area contributed by atoms with Crippen molar-refractivity contribution in [1.82, 2.24) is 10.4 Å². The van der Waals surface area contributed by atoms with Crippen LogP contribution in [0.1, 0.15) is 20.8 Å². The van der Waals surface area contributed by atoms with Crippen LogP contribution in [0.25, 0.3) is 22.0 Å². The number of nitrogens with two attached hydrogens (primary N) is 1. The number of nitro groups is 1. The van der Waals surface area contributed by atoms with Gasteiger partial charge in [0, 0.05) is 34.2 Å². The third-order valence-corrected chi connectivity index (χ3v) is 4.70. The number of ether oxygens (including phenoxy) is 1. The number of hydrogen-bond acceptors (Lipinski definition) is 6. The fourth-order valence-electron chi connectivity index (χ4n) is 3.29. The lowest BCUT2D eigenvalue weighted by atomic mass is 10.0. The number of fused-ring (bicyclic) bond motifs is 1. The number of hydrogen-bond donors (Lipinski definition) is 3. The first-order valence-electron chi connectivity index (χ1n) is 9.16. The molecule has 1 heterocycles. The third kappa shape index (κ3) is 3.85. The molecule has 0 spiro atoms. The molecule has 4 rings (SSSR count). The van der Waals surface area contributed by atoms with Gasteiger partial charge in [-0.1, -0.05) is 36.4 Å². The van der Waals surface area contributed by atoms with Crippen LogP contribution in [0.3, 0.4) is 0 Å². The first kappa shape index (κ1) is 19.8. The van der Waals surface area contributed by atoms with Crippen LogP contribution in [0.2, 0.25) is 0 Å². The van der Waals surface area contributed by atoms with E-state index in [0.29, 0.717) is 22.0 Å². The number of nitro benzene ring substituents is 1. The molecular formula is C22H16N4O5. The number of benzene rings is 3. The molecule has 0 atom stereocenters. The van der Waals surface area contributed by atoms with E-state index < -0.39 is 16.8 Å². The van der Waals surface area contributed by atoms with E-state index in [1.807, 2.05) is 11.5 Å². The number of esters is 1. The Kier molecular flexibility index (Phi) is 5.17. The minimum absolute atomic E-state index is 0.0934. The summed E-state index contributed by atoms with van der Waals surface area (Å²) in [6, 6.07) is 19.3. The number of nitrogens with one attached hydrogen (secondary N) is 2. The molecule has 0 fully saturated rings. The second kappa shape index (κ2) is 8.09. The maximum absolute atomic E-state index is 13.0. The summed E-state index contributed by atoms with van der Waals surface area (Å²) in [5.41, 5.74) is 4.01. The van der Waals surface area contributed by atoms with Gasteiger partial charge in [-0.3, -0.25) is 20.3 Å². The number of nitrogen functional groups attached to an aromatic ring is 1. The Bertz CT molecular complexity index is 1310. The van der Waals surface area contributed by atoms with Crippen molar-refractivity contribution in [3.8, 4) is 16.9 Å². The van der Waals surface area contributed by atoms with Gasteiger partial charge in [-0.05, 0) is 29.8 Å². The lowest BCUT2D eigenvalue weighted by Gasteiger charge is -2.07. The van der Waals surface area contributed by atoms with Crippen molar-refractivity contribution >= 4 is 28.5 Å². The summed E-state index contributed by atoms with van der Waals surface area (Å²) >= 11 is 0. The number of amides is 1. The minimum atomic E-state index is -0.706. The number of rotatable bonds is 5. The van der Waals surface area contributed by atoms with E-state index >= 15 is 0 Å². The third-order valence-electron chi connectivity index (χ3n) is 4.70. The largest absolute Gasteiger partial charge is 0.422 e. The fraction of sp³-hybridized carbons (Fsp3) is 0. The van der Waals surface area contributed by atoms with Crippen LogP contribution >= 0.6 is 0 Å². The van der Waals surface area contributed by atoms with E-state index in [2.05, 4.69) is 4.98 Å². The number of aromatic nitrogens is 1. The molecule has 0 radical (unpaired) electrons. The first-order chi connectivity index (χ1) is 15.0. The minimum Gasteiger partial charge on any atom is -0.422 e. The SMILES string of the molecule is NNC(=O)c1cccc(OC(=O)c2[nH]c3ccc([N+](=O)[O-])cc3c2-c2ccccc2)c1. The van der Waals surface area contributed by atoms with Gasteiger partial charge in [0.15, 0.2) is 0 Å². The molecule has 0 saturated carbocycles. The van der Waals surface area contributed by atoms with E-state index in [9.17, 15) is 19.7 Å². The van der Waals surface area contributed by atoms with Gasteiger partial charge in [0.2, 0.25) is 0 Å². The molecule has 1 amide bonds. The number of carbonyl (C=O) groups is 2. The van der Waals surface area contributed by atoms with Crippen LogP contribution in [0.5, 0.6) is 5.75 Å². The van der Waals surface area contributed by atoms with Crippen molar-refractivity contribution in [1.29, 1.82) is 0 Å². The summed E-state index contributed by atoms with van der Waals surface area (Å²) in [6.07, 6.45) is 0. The Morgan fingerprint density at radius 3 is 2.48 bits per heavy atom. The van der Waals surface area contributed by atoms with Gasteiger partial charge in [0.1, 0.15) is 11.4 Å². The highest BCUT2D eigenvalue weighted by Crippen LogP contribution is 2.35. The highest BCUT2D eigenvalue weighted by Gasteiger charge is 2.23. The molecule has 31 heavy (non-hydrogen) atoms. The molecule has 0 bridgehead atoms. The zero-order valence-electron chi connectivity index (χ0n) is 16.0. The van der Waals surface area contributed by atoms with Gasteiger partial charge in [0.25, 0.3) is 11.6 Å². The number of H-pyrrole nitrogens is 1. The highest BCUT2D eigenvalue weighted by atomic mass is 16.6. The molecule has 154 valence electrons. The van der Waals surface area contributed by atoms with E-state index in [1.165, 1.54) is 30.3 Å². The predicted octanol–water partition coefficient (Wildman–Crippen LogP) is 3.57. The van der Waals surface area contributed by atoms with Crippen LogP contribution in [-0.2, 0) is 0 Å². The number of hydrazine groups is 1. The molecule has 0 aliphatic heterocycles. The average Bonchev–Trinajstić information content (AvgIpc) is 3.18. The topological polar surface area (TPSA) is 140 Å². The summed E-state index contributed by atoms with van der Waals surface area (Å²) in [6.45, 7) is 0. The maximum atomic E-state index is 13.0. The van der Waals surface area contributed by atoms with E-state index in [4.69, 9.17) is 10.6 Å². The second-order valence-corrected chi connectivity index (χ2v) is 6.62. The molecule has 4 N–H and O–H groups in total. The van der Waals surface area contributed by atoms with Crippen LogP contribution in [0, 0.1) is 10.1 Å². The van der Waals surface area contributed by atoms with Crippen molar-refractivity contribution < 1.29 is 19.2 Å². The Morgan fingerprint density at radius 1 is 1.00 bits per heavy atom. The summed E-state index contributed by atoms with van der Waals surface area (Å²) in [4.78, 5) is 38.5. The molecule has 3 aromatic carbocycles. The Morgan fingerprint density at radius 2 is 1.77 bits per heavy atom. The Hall–Kier alpha value is -4.50. The normalized spacial score (nSPS) is 10.6. The molecule has 0 saturated heterocycles. The van der Waals surface area contributed by atoms with Gasteiger partial charge in [-0.25, -0.2) is 10.6 Å². The Labute approximate surface area is 175 Å². The maximum Gasteiger partial charge on any atom is 0.360 e. The van der Waals surface area contributed by atoms with Gasteiger partial charge in [-0.15, -0.1) is 0 Å². The van der Waals surface area contributed by atoms with Crippen molar-refractivity contribution in [2.24, 2.45) is 5.84 Å². The lowest BCUT2D eigenvalue weighted by Crippen LogP contribution is -2.29. The van der Waals surface area contributed by atoms with Crippen LogP contribution in [0.4, 0.5) is 5.69 Å². The fourth-order valence-corrected chi connectivity index (χ4v) is 3.29. The highest BCUT2D eigenvalue weighted by molar-refractivity contribution is 6.09. The summed E-state index contributed by atoms with van der Waals surface area (Å²) in [5, 5.41) is 11.8. The van der Waals surface area contributed by atoms with Crippen LogP contribution in [-0.4, -0.2) is 21.8 Å². The van der Waals surface area contributed by atoms with Crippen molar-refractivity contribution in [2.45, 2.75) is 0 Å². The molecule has 0 aliphatic rings. The zero-order valence-corrected chi connectivity index (χ0v) is 16.0. The molecule has 9 nitrogen and oxygen atoms in total. The number of nitrogens with zero attached hydrogens (tertiary/aromatic N) is 1. The van der Waals surface area contributed by atoms with Gasteiger partial charge in [0.05, 0.1) is 4.92 Å². The lowest BCUT2D eigenvalue weighted by molar-refractivity contribution is -0.384.